The Morgan fingerprint density at radius 2 is 2.18 bits per heavy atom. The van der Waals surface area contributed by atoms with E-state index in [2.05, 4.69) is 16.7 Å². The van der Waals surface area contributed by atoms with Crippen molar-refractivity contribution in [2.75, 3.05) is 17.2 Å². The molecule has 0 radical (unpaired) electrons. The van der Waals surface area contributed by atoms with Gasteiger partial charge in [-0.3, -0.25) is 5.32 Å². The van der Waals surface area contributed by atoms with Gasteiger partial charge in [0.25, 0.3) is 0 Å². The van der Waals surface area contributed by atoms with Crippen LogP contribution < -0.4 is 10.6 Å². The van der Waals surface area contributed by atoms with Gasteiger partial charge in [-0.05, 0) is 38.8 Å². The van der Waals surface area contributed by atoms with Crippen molar-refractivity contribution in [3.8, 4) is 0 Å². The van der Waals surface area contributed by atoms with E-state index >= 15 is 0 Å². The van der Waals surface area contributed by atoms with Crippen LogP contribution in [0.4, 0.5) is 16.2 Å². The number of hydrogen-bond acceptors (Lipinski definition) is 3. The first-order valence-electron chi connectivity index (χ1n) is 5.81. The molecule has 0 unspecified atom stereocenters. The number of fused-ring (bicyclic) bond motifs is 1. The summed E-state index contributed by atoms with van der Waals surface area (Å²) in [5.41, 5.74) is 2.56. The van der Waals surface area contributed by atoms with E-state index in [0.29, 0.717) is 0 Å². The zero-order chi connectivity index (χ0) is 12.5. The largest absolute Gasteiger partial charge is 0.444 e. The lowest BCUT2D eigenvalue weighted by molar-refractivity contribution is 0.0636. The standard InChI is InChI=1S/C13H18N2O2/c1-13(2,3)17-12(16)15-10-6-4-5-9-7-8-14-11(9)10/h4-6,14H,7-8H2,1-3H3,(H,15,16). The van der Waals surface area contributed by atoms with E-state index in [-0.39, 0.29) is 0 Å². The van der Waals surface area contributed by atoms with E-state index < -0.39 is 11.7 Å². The van der Waals surface area contributed by atoms with Crippen molar-refractivity contribution < 1.29 is 9.53 Å². The Labute approximate surface area is 101 Å². The zero-order valence-electron chi connectivity index (χ0n) is 10.5. The number of carbonyl (C=O) groups excluding carboxylic acids is 1. The van der Waals surface area contributed by atoms with E-state index in [1.807, 2.05) is 32.9 Å². The van der Waals surface area contributed by atoms with E-state index in [1.165, 1.54) is 5.56 Å². The molecule has 92 valence electrons. The molecule has 4 heteroatoms. The molecular formula is C13H18N2O2. The predicted octanol–water partition coefficient (Wildman–Crippen LogP) is 3.00. The molecule has 0 aromatic heterocycles. The maximum atomic E-state index is 11.7. The molecule has 1 amide bonds. The van der Waals surface area contributed by atoms with Gasteiger partial charge in [-0.1, -0.05) is 12.1 Å². The van der Waals surface area contributed by atoms with Crippen LogP contribution in [0, 0.1) is 0 Å². The summed E-state index contributed by atoms with van der Waals surface area (Å²) in [5, 5.41) is 6.04. The predicted molar refractivity (Wildman–Crippen MR) is 68.5 cm³/mol. The second kappa shape index (κ2) is 4.28. The fraction of sp³-hybridized carbons (Fsp3) is 0.462. The molecule has 0 fully saturated rings. The molecule has 1 aliphatic rings. The summed E-state index contributed by atoms with van der Waals surface area (Å²) in [6.07, 6.45) is 0.582. The fourth-order valence-electron chi connectivity index (χ4n) is 1.86. The smallest absolute Gasteiger partial charge is 0.412 e. The topological polar surface area (TPSA) is 50.4 Å². The molecule has 17 heavy (non-hydrogen) atoms. The normalized spacial score (nSPS) is 13.8. The maximum Gasteiger partial charge on any atom is 0.412 e. The van der Waals surface area contributed by atoms with Crippen LogP contribution in [0.5, 0.6) is 0 Å². The molecule has 0 saturated heterocycles. The van der Waals surface area contributed by atoms with Gasteiger partial charge in [-0.15, -0.1) is 0 Å². The lowest BCUT2D eigenvalue weighted by atomic mass is 10.1. The maximum absolute atomic E-state index is 11.7. The van der Waals surface area contributed by atoms with Gasteiger partial charge in [0.05, 0.1) is 11.4 Å². The average Bonchev–Trinajstić information content (AvgIpc) is 2.63. The lowest BCUT2D eigenvalue weighted by Gasteiger charge is -2.20. The van der Waals surface area contributed by atoms with Gasteiger partial charge < -0.3 is 10.1 Å². The van der Waals surface area contributed by atoms with Crippen LogP contribution in [-0.4, -0.2) is 18.2 Å². The van der Waals surface area contributed by atoms with E-state index in [4.69, 9.17) is 4.74 Å². The zero-order valence-corrected chi connectivity index (χ0v) is 10.5. The molecule has 0 atom stereocenters. The molecule has 1 aliphatic heterocycles. The quantitative estimate of drug-likeness (QED) is 0.785. The summed E-state index contributed by atoms with van der Waals surface area (Å²) in [6.45, 7) is 6.46. The molecule has 0 saturated carbocycles. The Hall–Kier alpha value is -1.71. The first-order valence-corrected chi connectivity index (χ1v) is 5.81. The summed E-state index contributed by atoms with van der Waals surface area (Å²) >= 11 is 0. The fourth-order valence-corrected chi connectivity index (χ4v) is 1.86. The van der Waals surface area contributed by atoms with Crippen LogP contribution in [0.2, 0.25) is 0 Å². The third kappa shape index (κ3) is 2.90. The first-order chi connectivity index (χ1) is 7.96. The minimum atomic E-state index is -0.477. The number of nitrogens with one attached hydrogen (secondary N) is 2. The molecular weight excluding hydrogens is 216 g/mol. The van der Waals surface area contributed by atoms with Gasteiger partial charge in [-0.2, -0.15) is 0 Å². The number of amides is 1. The molecule has 0 spiro atoms. The van der Waals surface area contributed by atoms with Crippen LogP contribution >= 0.6 is 0 Å². The molecule has 1 heterocycles. The number of anilines is 2. The number of rotatable bonds is 1. The number of benzene rings is 1. The molecule has 2 N–H and O–H groups in total. The molecule has 2 rings (SSSR count). The van der Waals surface area contributed by atoms with Gasteiger partial charge >= 0.3 is 6.09 Å². The number of para-hydroxylation sites is 1. The van der Waals surface area contributed by atoms with Gasteiger partial charge in [0.2, 0.25) is 0 Å². The highest BCUT2D eigenvalue weighted by Gasteiger charge is 2.19. The van der Waals surface area contributed by atoms with Crippen LogP contribution in [0.3, 0.4) is 0 Å². The number of ether oxygens (including phenoxy) is 1. The Kier molecular flexibility index (Phi) is 2.96. The van der Waals surface area contributed by atoms with Crippen molar-refractivity contribution >= 4 is 17.5 Å². The van der Waals surface area contributed by atoms with Crippen molar-refractivity contribution in [1.29, 1.82) is 0 Å². The summed E-state index contributed by atoms with van der Waals surface area (Å²) in [6, 6.07) is 5.88. The highest BCUT2D eigenvalue weighted by molar-refractivity contribution is 5.91. The van der Waals surface area contributed by atoms with Crippen molar-refractivity contribution in [2.45, 2.75) is 32.8 Å². The van der Waals surface area contributed by atoms with E-state index in [1.54, 1.807) is 0 Å². The summed E-state index contributed by atoms with van der Waals surface area (Å²) in [5.74, 6) is 0. The summed E-state index contributed by atoms with van der Waals surface area (Å²) in [4.78, 5) is 11.7. The summed E-state index contributed by atoms with van der Waals surface area (Å²) in [7, 11) is 0. The van der Waals surface area contributed by atoms with Crippen LogP contribution in [-0.2, 0) is 11.2 Å². The second-order valence-corrected chi connectivity index (χ2v) is 5.14. The van der Waals surface area contributed by atoms with Gasteiger partial charge in [0, 0.05) is 6.54 Å². The van der Waals surface area contributed by atoms with Gasteiger partial charge in [0.1, 0.15) is 5.60 Å². The SMILES string of the molecule is CC(C)(C)OC(=O)Nc1cccc2c1NCC2. The Balaban J connectivity index is 2.10. The second-order valence-electron chi connectivity index (χ2n) is 5.14. The van der Waals surface area contributed by atoms with Crippen molar-refractivity contribution in [3.05, 3.63) is 23.8 Å². The molecule has 1 aromatic carbocycles. The number of carbonyl (C=O) groups is 1. The van der Waals surface area contributed by atoms with Crippen molar-refractivity contribution in [2.24, 2.45) is 0 Å². The average molecular weight is 234 g/mol. The Morgan fingerprint density at radius 1 is 1.41 bits per heavy atom. The first kappa shape index (κ1) is 11.8. The van der Waals surface area contributed by atoms with Gasteiger partial charge in [-0.25, -0.2) is 4.79 Å². The minimum absolute atomic E-state index is 0.417. The van der Waals surface area contributed by atoms with Crippen molar-refractivity contribution in [1.82, 2.24) is 0 Å². The molecule has 4 nitrogen and oxygen atoms in total. The van der Waals surface area contributed by atoms with Crippen LogP contribution in [0.15, 0.2) is 18.2 Å². The van der Waals surface area contributed by atoms with Gasteiger partial charge in [0.15, 0.2) is 0 Å². The molecule has 0 bridgehead atoms. The van der Waals surface area contributed by atoms with E-state index in [0.717, 1.165) is 24.3 Å². The molecule has 0 aliphatic carbocycles. The Morgan fingerprint density at radius 3 is 2.88 bits per heavy atom. The lowest BCUT2D eigenvalue weighted by Crippen LogP contribution is -2.27. The van der Waals surface area contributed by atoms with E-state index in [9.17, 15) is 4.79 Å². The highest BCUT2D eigenvalue weighted by atomic mass is 16.6. The van der Waals surface area contributed by atoms with Crippen LogP contribution in [0.1, 0.15) is 26.3 Å². The minimum Gasteiger partial charge on any atom is -0.444 e. The Bertz CT molecular complexity index is 436. The third-order valence-corrected chi connectivity index (χ3v) is 2.48. The number of hydrogen-bond donors (Lipinski definition) is 2. The summed E-state index contributed by atoms with van der Waals surface area (Å²) < 4.78 is 5.22. The highest BCUT2D eigenvalue weighted by Crippen LogP contribution is 2.30. The monoisotopic (exact) mass is 234 g/mol. The van der Waals surface area contributed by atoms with Crippen LogP contribution in [0.25, 0.3) is 0 Å². The molecule has 1 aromatic rings. The third-order valence-electron chi connectivity index (χ3n) is 2.48. The van der Waals surface area contributed by atoms with Crippen molar-refractivity contribution in [3.63, 3.8) is 0 Å².